The van der Waals surface area contributed by atoms with Gasteiger partial charge in [0.25, 0.3) is 0 Å². The minimum Gasteiger partial charge on any atom is -0.491 e. The molecule has 3 rings (SSSR count). The molecular formula is C21H20N2O3. The molecule has 2 aromatic carbocycles. The number of nitrogens with one attached hydrogen (secondary N) is 1. The maximum absolute atomic E-state index is 12.2. The Morgan fingerprint density at radius 2 is 1.92 bits per heavy atom. The molecule has 5 heteroatoms. The quantitative estimate of drug-likeness (QED) is 0.644. The van der Waals surface area contributed by atoms with Crippen LogP contribution in [0.4, 0.5) is 0 Å². The van der Waals surface area contributed by atoms with E-state index in [0.717, 1.165) is 22.0 Å². The lowest BCUT2D eigenvalue weighted by Gasteiger charge is -2.10. The first-order valence-electron chi connectivity index (χ1n) is 8.39. The Morgan fingerprint density at radius 3 is 2.81 bits per heavy atom. The van der Waals surface area contributed by atoms with Crippen molar-refractivity contribution in [3.63, 3.8) is 0 Å². The first-order chi connectivity index (χ1) is 12.8. The summed E-state index contributed by atoms with van der Waals surface area (Å²) >= 11 is 0. The summed E-state index contributed by atoms with van der Waals surface area (Å²) in [6.07, 6.45) is 5.03. The van der Waals surface area contributed by atoms with Crippen LogP contribution in [0.25, 0.3) is 17.0 Å². The van der Waals surface area contributed by atoms with E-state index in [1.165, 1.54) is 6.08 Å². The molecule has 0 radical (unpaired) electrons. The van der Waals surface area contributed by atoms with E-state index in [9.17, 15) is 4.79 Å². The predicted molar refractivity (Wildman–Crippen MR) is 102 cm³/mol. The number of aromatic nitrogens is 1. The van der Waals surface area contributed by atoms with Gasteiger partial charge in [0.15, 0.2) is 0 Å². The first-order valence-corrected chi connectivity index (χ1v) is 8.39. The van der Waals surface area contributed by atoms with Crippen molar-refractivity contribution in [2.45, 2.75) is 6.54 Å². The molecule has 0 aliphatic heterocycles. The maximum atomic E-state index is 12.2. The van der Waals surface area contributed by atoms with E-state index in [4.69, 9.17) is 9.84 Å². The largest absolute Gasteiger partial charge is 0.491 e. The summed E-state index contributed by atoms with van der Waals surface area (Å²) < 4.78 is 5.47. The van der Waals surface area contributed by atoms with Crippen LogP contribution in [0.1, 0.15) is 11.1 Å². The predicted octanol–water partition coefficient (Wildman–Crippen LogP) is 2.94. The van der Waals surface area contributed by atoms with Crippen molar-refractivity contribution < 1.29 is 14.6 Å². The summed E-state index contributed by atoms with van der Waals surface area (Å²) in [5.74, 6) is 0.466. The van der Waals surface area contributed by atoms with Gasteiger partial charge in [0.05, 0.1) is 12.1 Å². The number of hydrogen-bond acceptors (Lipinski definition) is 4. The van der Waals surface area contributed by atoms with Crippen molar-refractivity contribution in [3.05, 3.63) is 78.0 Å². The molecule has 1 amide bonds. The summed E-state index contributed by atoms with van der Waals surface area (Å²) in [4.78, 5) is 16.5. The molecule has 132 valence electrons. The number of para-hydroxylation sites is 2. The van der Waals surface area contributed by atoms with Gasteiger partial charge in [-0.15, -0.1) is 0 Å². The van der Waals surface area contributed by atoms with Crippen molar-refractivity contribution in [2.75, 3.05) is 13.2 Å². The molecule has 3 aromatic rings. The fourth-order valence-corrected chi connectivity index (χ4v) is 2.62. The molecule has 0 fully saturated rings. The van der Waals surface area contributed by atoms with E-state index in [2.05, 4.69) is 10.3 Å². The van der Waals surface area contributed by atoms with E-state index >= 15 is 0 Å². The third kappa shape index (κ3) is 4.46. The van der Waals surface area contributed by atoms with E-state index in [-0.39, 0.29) is 19.1 Å². The van der Waals surface area contributed by atoms with Gasteiger partial charge in [0.2, 0.25) is 5.91 Å². The Bertz CT molecular complexity index is 917. The Balaban J connectivity index is 1.65. The number of fused-ring (bicyclic) bond motifs is 1. The van der Waals surface area contributed by atoms with E-state index < -0.39 is 0 Å². The lowest BCUT2D eigenvalue weighted by atomic mass is 10.1. The summed E-state index contributed by atoms with van der Waals surface area (Å²) in [6, 6.07) is 17.1. The lowest BCUT2D eigenvalue weighted by Crippen LogP contribution is -2.20. The van der Waals surface area contributed by atoms with Gasteiger partial charge in [0.1, 0.15) is 12.4 Å². The van der Waals surface area contributed by atoms with Crippen molar-refractivity contribution in [1.29, 1.82) is 0 Å². The number of aliphatic hydroxyl groups excluding tert-OH is 1. The molecule has 0 spiro atoms. The summed E-state index contributed by atoms with van der Waals surface area (Å²) in [7, 11) is 0. The average molecular weight is 348 g/mol. The third-order valence-corrected chi connectivity index (χ3v) is 3.87. The highest BCUT2D eigenvalue weighted by atomic mass is 16.5. The average Bonchev–Trinajstić information content (AvgIpc) is 2.69. The van der Waals surface area contributed by atoms with Crippen molar-refractivity contribution >= 4 is 22.9 Å². The molecule has 0 unspecified atom stereocenters. The molecule has 1 heterocycles. The maximum Gasteiger partial charge on any atom is 0.244 e. The van der Waals surface area contributed by atoms with Gasteiger partial charge < -0.3 is 15.2 Å². The number of carbonyl (C=O) groups is 1. The number of pyridine rings is 1. The van der Waals surface area contributed by atoms with Crippen LogP contribution in [0.3, 0.4) is 0 Å². The van der Waals surface area contributed by atoms with Crippen LogP contribution < -0.4 is 10.1 Å². The SMILES string of the molecule is O=C(/C=C/c1ccnc2ccccc12)NCc1ccccc1OCCO. The second-order valence-corrected chi connectivity index (χ2v) is 5.65. The highest BCUT2D eigenvalue weighted by Gasteiger charge is 2.04. The summed E-state index contributed by atoms with van der Waals surface area (Å²) in [5.41, 5.74) is 2.69. The van der Waals surface area contributed by atoms with Gasteiger partial charge in [-0.3, -0.25) is 9.78 Å². The monoisotopic (exact) mass is 348 g/mol. The van der Waals surface area contributed by atoms with Crippen molar-refractivity contribution in [1.82, 2.24) is 10.3 Å². The standard InChI is InChI=1S/C21H20N2O3/c24-13-14-26-20-8-4-1-5-17(20)15-23-21(25)10-9-16-11-12-22-19-7-3-2-6-18(16)19/h1-12,24H,13-15H2,(H,23,25)/b10-9+. The zero-order valence-electron chi connectivity index (χ0n) is 14.3. The lowest BCUT2D eigenvalue weighted by molar-refractivity contribution is -0.116. The van der Waals surface area contributed by atoms with Gasteiger partial charge >= 0.3 is 0 Å². The number of rotatable bonds is 7. The van der Waals surface area contributed by atoms with Gasteiger partial charge in [-0.25, -0.2) is 0 Å². The van der Waals surface area contributed by atoms with E-state index in [1.54, 1.807) is 12.3 Å². The highest BCUT2D eigenvalue weighted by molar-refractivity contribution is 5.95. The van der Waals surface area contributed by atoms with Crippen molar-refractivity contribution in [2.24, 2.45) is 0 Å². The molecule has 0 aliphatic rings. The highest BCUT2D eigenvalue weighted by Crippen LogP contribution is 2.18. The fourth-order valence-electron chi connectivity index (χ4n) is 2.62. The van der Waals surface area contributed by atoms with Gasteiger partial charge in [-0.05, 0) is 29.8 Å². The Labute approximate surface area is 152 Å². The molecule has 0 saturated heterocycles. The number of carbonyl (C=O) groups excluding carboxylic acids is 1. The van der Waals surface area contributed by atoms with Gasteiger partial charge in [-0.2, -0.15) is 0 Å². The van der Waals surface area contributed by atoms with Crippen LogP contribution >= 0.6 is 0 Å². The molecule has 0 bridgehead atoms. The third-order valence-electron chi connectivity index (χ3n) is 3.87. The second kappa shape index (κ2) is 8.78. The second-order valence-electron chi connectivity index (χ2n) is 5.65. The van der Waals surface area contributed by atoms with Crippen LogP contribution in [0.5, 0.6) is 5.75 Å². The molecule has 0 atom stereocenters. The molecule has 2 N–H and O–H groups in total. The molecule has 0 aliphatic carbocycles. The van der Waals surface area contributed by atoms with E-state index in [0.29, 0.717) is 12.3 Å². The van der Waals surface area contributed by atoms with Crippen LogP contribution in [0, 0.1) is 0 Å². The number of aliphatic hydroxyl groups is 1. The van der Waals surface area contributed by atoms with Gasteiger partial charge in [0, 0.05) is 29.8 Å². The molecular weight excluding hydrogens is 328 g/mol. The molecule has 5 nitrogen and oxygen atoms in total. The Morgan fingerprint density at radius 1 is 1.12 bits per heavy atom. The minimum atomic E-state index is -0.192. The van der Waals surface area contributed by atoms with Gasteiger partial charge in [-0.1, -0.05) is 36.4 Å². The Hall–Kier alpha value is -3.18. The molecule has 1 aromatic heterocycles. The Kier molecular flexibility index (Phi) is 5.96. The number of ether oxygens (including phenoxy) is 1. The fraction of sp³-hybridized carbons (Fsp3) is 0.143. The molecule has 26 heavy (non-hydrogen) atoms. The number of nitrogens with zero attached hydrogens (tertiary/aromatic N) is 1. The summed E-state index contributed by atoms with van der Waals surface area (Å²) in [6.45, 7) is 0.519. The zero-order valence-corrected chi connectivity index (χ0v) is 14.3. The van der Waals surface area contributed by atoms with E-state index in [1.807, 2.05) is 54.6 Å². The normalized spacial score (nSPS) is 11.0. The minimum absolute atomic E-state index is 0.0523. The summed E-state index contributed by atoms with van der Waals surface area (Å²) in [5, 5.41) is 12.7. The van der Waals surface area contributed by atoms with Crippen LogP contribution in [0.2, 0.25) is 0 Å². The van der Waals surface area contributed by atoms with Crippen LogP contribution in [-0.2, 0) is 11.3 Å². The van der Waals surface area contributed by atoms with Crippen LogP contribution in [0.15, 0.2) is 66.9 Å². The number of benzene rings is 2. The topological polar surface area (TPSA) is 71.5 Å². The zero-order chi connectivity index (χ0) is 18.2. The van der Waals surface area contributed by atoms with Crippen molar-refractivity contribution in [3.8, 4) is 5.75 Å². The number of amides is 1. The number of hydrogen-bond donors (Lipinski definition) is 2. The smallest absolute Gasteiger partial charge is 0.244 e. The van der Waals surface area contributed by atoms with Crippen LogP contribution in [-0.4, -0.2) is 29.2 Å². The molecule has 0 saturated carbocycles. The first kappa shape index (κ1) is 17.6.